The van der Waals surface area contributed by atoms with E-state index in [1.165, 1.54) is 6.08 Å². The predicted molar refractivity (Wildman–Crippen MR) is 113 cm³/mol. The predicted octanol–water partition coefficient (Wildman–Crippen LogP) is 5.38. The first kappa shape index (κ1) is 20.9. The molecule has 2 aromatic carbocycles. The fraction of sp³-hybridized carbons (Fsp3) is 0.0870. The van der Waals surface area contributed by atoms with Gasteiger partial charge >= 0.3 is 5.97 Å². The third kappa shape index (κ3) is 5.60. The Bertz CT molecular complexity index is 1120. The number of pyridine rings is 1. The minimum absolute atomic E-state index is 0.341. The van der Waals surface area contributed by atoms with Gasteiger partial charge in [-0.1, -0.05) is 23.7 Å². The van der Waals surface area contributed by atoms with Gasteiger partial charge in [-0.3, -0.25) is 0 Å². The van der Waals surface area contributed by atoms with Gasteiger partial charge in [0.15, 0.2) is 0 Å². The highest BCUT2D eigenvalue weighted by molar-refractivity contribution is 6.32. The standard InChI is InChI=1S/C23H17ClN2O4/c1-15-10-21(20(24)11-18(15)6-9-23(27)28)30-22-8-7-19(13-26-22)29-14-17-4-2-16(12-25)3-5-17/h2-11,13H,14H2,1H3,(H,27,28). The van der Waals surface area contributed by atoms with Gasteiger partial charge in [-0.2, -0.15) is 5.26 Å². The van der Waals surface area contributed by atoms with Crippen LogP contribution in [-0.4, -0.2) is 16.1 Å². The number of hydrogen-bond donors (Lipinski definition) is 1. The van der Waals surface area contributed by atoms with E-state index >= 15 is 0 Å². The number of carboxylic acid groups (broad SMARTS) is 1. The number of ether oxygens (including phenoxy) is 2. The van der Waals surface area contributed by atoms with E-state index in [-0.39, 0.29) is 0 Å². The van der Waals surface area contributed by atoms with E-state index in [1.54, 1.807) is 42.6 Å². The molecule has 1 heterocycles. The van der Waals surface area contributed by atoms with Crippen molar-refractivity contribution in [1.29, 1.82) is 5.26 Å². The molecule has 0 spiro atoms. The molecule has 3 rings (SSSR count). The van der Waals surface area contributed by atoms with Crippen LogP contribution in [-0.2, 0) is 11.4 Å². The number of carbonyl (C=O) groups is 1. The van der Waals surface area contributed by atoms with Gasteiger partial charge in [-0.15, -0.1) is 0 Å². The van der Waals surface area contributed by atoms with Crippen molar-refractivity contribution >= 4 is 23.6 Å². The second-order valence-electron chi connectivity index (χ2n) is 6.34. The summed E-state index contributed by atoms with van der Waals surface area (Å²) in [5.74, 6) is 0.302. The van der Waals surface area contributed by atoms with Crippen LogP contribution in [0.4, 0.5) is 0 Å². The number of nitrogens with zero attached hydrogens (tertiary/aromatic N) is 2. The van der Waals surface area contributed by atoms with Crippen LogP contribution in [0.5, 0.6) is 17.4 Å². The van der Waals surface area contributed by atoms with Crippen LogP contribution < -0.4 is 9.47 Å². The molecular formula is C23H17ClN2O4. The molecule has 1 N–H and O–H groups in total. The van der Waals surface area contributed by atoms with E-state index in [1.807, 2.05) is 19.1 Å². The molecule has 30 heavy (non-hydrogen) atoms. The minimum atomic E-state index is -1.03. The van der Waals surface area contributed by atoms with E-state index in [0.29, 0.717) is 40.1 Å². The number of carboxylic acids is 1. The lowest BCUT2D eigenvalue weighted by atomic mass is 10.1. The summed E-state index contributed by atoms with van der Waals surface area (Å²) < 4.78 is 11.4. The second-order valence-corrected chi connectivity index (χ2v) is 6.75. The number of rotatable bonds is 7. The monoisotopic (exact) mass is 420 g/mol. The molecule has 0 aliphatic heterocycles. The van der Waals surface area contributed by atoms with Gasteiger partial charge < -0.3 is 14.6 Å². The van der Waals surface area contributed by atoms with Crippen molar-refractivity contribution in [1.82, 2.24) is 4.98 Å². The van der Waals surface area contributed by atoms with Gasteiger partial charge in [-0.25, -0.2) is 9.78 Å². The molecule has 0 amide bonds. The summed E-state index contributed by atoms with van der Waals surface area (Å²) in [6, 6.07) is 16.0. The molecule has 0 unspecified atom stereocenters. The summed E-state index contributed by atoms with van der Waals surface area (Å²) in [6.07, 6.45) is 4.08. The number of nitriles is 1. The van der Waals surface area contributed by atoms with Crippen molar-refractivity contribution in [2.75, 3.05) is 0 Å². The molecule has 0 fully saturated rings. The summed E-state index contributed by atoms with van der Waals surface area (Å²) in [7, 11) is 0. The lowest BCUT2D eigenvalue weighted by Crippen LogP contribution is -1.96. The summed E-state index contributed by atoms with van der Waals surface area (Å²) in [4.78, 5) is 14.9. The van der Waals surface area contributed by atoms with Crippen LogP contribution in [0, 0.1) is 18.3 Å². The fourth-order valence-electron chi connectivity index (χ4n) is 2.56. The Hall–Kier alpha value is -3.82. The van der Waals surface area contributed by atoms with Crippen LogP contribution in [0.1, 0.15) is 22.3 Å². The normalized spacial score (nSPS) is 10.6. The zero-order valence-electron chi connectivity index (χ0n) is 16.0. The molecule has 0 saturated carbocycles. The molecule has 0 radical (unpaired) electrons. The van der Waals surface area contributed by atoms with Crippen LogP contribution in [0.2, 0.25) is 5.02 Å². The van der Waals surface area contributed by atoms with E-state index in [2.05, 4.69) is 11.1 Å². The maximum atomic E-state index is 10.7. The SMILES string of the molecule is Cc1cc(Oc2ccc(OCc3ccc(C#N)cc3)cn2)c(Cl)cc1C=CC(=O)O. The summed E-state index contributed by atoms with van der Waals surface area (Å²) in [6.45, 7) is 2.18. The van der Waals surface area contributed by atoms with Crippen molar-refractivity contribution in [3.63, 3.8) is 0 Å². The third-order valence-electron chi connectivity index (χ3n) is 4.14. The number of aryl methyl sites for hydroxylation is 1. The van der Waals surface area contributed by atoms with Crippen LogP contribution in [0.3, 0.4) is 0 Å². The van der Waals surface area contributed by atoms with Gasteiger partial charge in [0.2, 0.25) is 5.88 Å². The summed E-state index contributed by atoms with van der Waals surface area (Å²) in [5, 5.41) is 17.9. The molecule has 1 aromatic heterocycles. The first-order chi connectivity index (χ1) is 14.4. The number of hydrogen-bond acceptors (Lipinski definition) is 5. The van der Waals surface area contributed by atoms with Gasteiger partial charge in [0.05, 0.1) is 22.9 Å². The Labute approximate surface area is 178 Å². The zero-order chi connectivity index (χ0) is 21.5. The van der Waals surface area contributed by atoms with Crippen molar-refractivity contribution in [2.45, 2.75) is 13.5 Å². The van der Waals surface area contributed by atoms with Crippen molar-refractivity contribution in [2.24, 2.45) is 0 Å². The maximum absolute atomic E-state index is 10.7. The van der Waals surface area contributed by atoms with Crippen LogP contribution in [0.15, 0.2) is 60.8 Å². The first-order valence-electron chi connectivity index (χ1n) is 8.91. The molecule has 0 saturated heterocycles. The van der Waals surface area contributed by atoms with E-state index in [4.69, 9.17) is 31.4 Å². The molecule has 0 bridgehead atoms. The third-order valence-corrected chi connectivity index (χ3v) is 4.43. The van der Waals surface area contributed by atoms with E-state index < -0.39 is 5.97 Å². The number of aliphatic carboxylic acids is 1. The molecule has 0 atom stereocenters. The highest BCUT2D eigenvalue weighted by atomic mass is 35.5. The van der Waals surface area contributed by atoms with E-state index in [9.17, 15) is 4.79 Å². The highest BCUT2D eigenvalue weighted by Gasteiger charge is 2.08. The second kappa shape index (κ2) is 9.59. The largest absolute Gasteiger partial charge is 0.487 e. The maximum Gasteiger partial charge on any atom is 0.328 e. The minimum Gasteiger partial charge on any atom is -0.487 e. The Balaban J connectivity index is 1.64. The average molecular weight is 421 g/mol. The highest BCUT2D eigenvalue weighted by Crippen LogP contribution is 2.32. The lowest BCUT2D eigenvalue weighted by Gasteiger charge is -2.11. The smallest absolute Gasteiger partial charge is 0.328 e. The van der Waals surface area contributed by atoms with Gasteiger partial charge in [0.25, 0.3) is 0 Å². The van der Waals surface area contributed by atoms with E-state index in [0.717, 1.165) is 17.2 Å². The number of aromatic nitrogens is 1. The molecule has 150 valence electrons. The summed E-state index contributed by atoms with van der Waals surface area (Å²) in [5.41, 5.74) is 3.04. The zero-order valence-corrected chi connectivity index (χ0v) is 16.8. The Morgan fingerprint density at radius 2 is 2.00 bits per heavy atom. The number of halogens is 1. The van der Waals surface area contributed by atoms with Gasteiger partial charge in [0, 0.05) is 12.1 Å². The fourth-order valence-corrected chi connectivity index (χ4v) is 2.77. The van der Waals surface area contributed by atoms with Crippen molar-refractivity contribution in [3.05, 3.63) is 88.1 Å². The van der Waals surface area contributed by atoms with Crippen LogP contribution >= 0.6 is 11.6 Å². The first-order valence-corrected chi connectivity index (χ1v) is 9.29. The molecule has 0 aliphatic rings. The molecule has 3 aromatic rings. The number of benzene rings is 2. The van der Waals surface area contributed by atoms with Crippen molar-refractivity contribution in [3.8, 4) is 23.4 Å². The van der Waals surface area contributed by atoms with Gasteiger partial charge in [-0.05, 0) is 60.0 Å². The molecule has 7 heteroatoms. The van der Waals surface area contributed by atoms with Gasteiger partial charge in [0.1, 0.15) is 18.1 Å². The Morgan fingerprint density at radius 3 is 2.63 bits per heavy atom. The van der Waals surface area contributed by atoms with Crippen molar-refractivity contribution < 1.29 is 19.4 Å². The molecule has 6 nitrogen and oxygen atoms in total. The Kier molecular flexibility index (Phi) is 6.68. The van der Waals surface area contributed by atoms with Crippen LogP contribution in [0.25, 0.3) is 6.08 Å². The molecule has 0 aliphatic carbocycles. The molecular weight excluding hydrogens is 404 g/mol. The summed E-state index contributed by atoms with van der Waals surface area (Å²) >= 11 is 6.26. The average Bonchev–Trinajstić information content (AvgIpc) is 2.75. The topological polar surface area (TPSA) is 92.4 Å². The quantitative estimate of drug-likeness (QED) is 0.515. The Morgan fingerprint density at radius 1 is 1.23 bits per heavy atom. The lowest BCUT2D eigenvalue weighted by molar-refractivity contribution is -0.131.